The Hall–Kier alpha value is -2.01. The van der Waals surface area contributed by atoms with Crippen molar-refractivity contribution < 1.29 is 9.90 Å². The van der Waals surface area contributed by atoms with Crippen molar-refractivity contribution >= 4 is 22.5 Å². The number of aromatic amines is 1. The van der Waals surface area contributed by atoms with Crippen LogP contribution in [0.2, 0.25) is 0 Å². The normalized spacial score (nSPS) is 12.5. The molecule has 1 atom stereocenters. The minimum Gasteiger partial charge on any atom is -0.399 e. The lowest BCUT2D eigenvalue weighted by Crippen LogP contribution is -2.32. The van der Waals surface area contributed by atoms with Crippen molar-refractivity contribution in [2.24, 2.45) is 0 Å². The van der Waals surface area contributed by atoms with Gasteiger partial charge in [-0.3, -0.25) is 4.79 Å². The van der Waals surface area contributed by atoms with Crippen molar-refractivity contribution in [1.29, 1.82) is 0 Å². The van der Waals surface area contributed by atoms with Crippen LogP contribution in [0.3, 0.4) is 0 Å². The first-order valence-corrected chi connectivity index (χ1v) is 6.40. The van der Waals surface area contributed by atoms with Crippen LogP contribution in [0.5, 0.6) is 0 Å². The fourth-order valence-corrected chi connectivity index (χ4v) is 2.04. The maximum Gasteiger partial charge on any atom is 0.267 e. The molecule has 0 aliphatic carbocycles. The van der Waals surface area contributed by atoms with Gasteiger partial charge in [0.1, 0.15) is 5.69 Å². The highest BCUT2D eigenvalue weighted by Crippen LogP contribution is 2.18. The number of hydrogen-bond acceptors (Lipinski definition) is 3. The Bertz CT molecular complexity index is 577. The molecule has 5 nitrogen and oxygen atoms in total. The molecule has 2 aromatic rings. The first-order chi connectivity index (χ1) is 9.10. The van der Waals surface area contributed by atoms with Gasteiger partial charge >= 0.3 is 0 Å². The molecular weight excluding hydrogens is 242 g/mol. The quantitative estimate of drug-likeness (QED) is 0.617. The molecule has 1 heterocycles. The molecule has 0 bridgehead atoms. The average Bonchev–Trinajstić information content (AvgIpc) is 2.79. The van der Waals surface area contributed by atoms with E-state index in [1.165, 1.54) is 0 Å². The van der Waals surface area contributed by atoms with Gasteiger partial charge in [0, 0.05) is 29.2 Å². The van der Waals surface area contributed by atoms with Crippen molar-refractivity contribution in [2.45, 2.75) is 25.8 Å². The molecule has 5 heteroatoms. The lowest BCUT2D eigenvalue weighted by Gasteiger charge is -2.12. The summed E-state index contributed by atoms with van der Waals surface area (Å²) in [5, 5.41) is 12.6. The number of H-pyrrole nitrogens is 1. The number of carbonyl (C=O) groups excluding carboxylic acids is 1. The van der Waals surface area contributed by atoms with Crippen molar-refractivity contribution in [3.8, 4) is 0 Å². The highest BCUT2D eigenvalue weighted by Gasteiger charge is 2.12. The van der Waals surface area contributed by atoms with Gasteiger partial charge in [-0.1, -0.05) is 0 Å². The minimum atomic E-state index is -0.139. The van der Waals surface area contributed by atoms with E-state index in [1.54, 1.807) is 12.1 Å². The largest absolute Gasteiger partial charge is 0.399 e. The molecule has 5 N–H and O–H groups in total. The van der Waals surface area contributed by atoms with E-state index in [0.29, 0.717) is 17.8 Å². The number of fused-ring (bicyclic) bond motifs is 1. The summed E-state index contributed by atoms with van der Waals surface area (Å²) in [6.07, 6.45) is 1.44. The molecule has 0 fully saturated rings. The van der Waals surface area contributed by atoms with Crippen LogP contribution in [0.15, 0.2) is 24.3 Å². The predicted molar refractivity (Wildman–Crippen MR) is 76.0 cm³/mol. The Labute approximate surface area is 111 Å². The highest BCUT2D eigenvalue weighted by atomic mass is 16.3. The van der Waals surface area contributed by atoms with Gasteiger partial charge in [0.2, 0.25) is 0 Å². The van der Waals surface area contributed by atoms with Crippen LogP contribution < -0.4 is 11.1 Å². The third-order valence-electron chi connectivity index (χ3n) is 3.06. The molecule has 102 valence electrons. The molecule has 1 aromatic heterocycles. The summed E-state index contributed by atoms with van der Waals surface area (Å²) in [4.78, 5) is 15.1. The molecule has 0 saturated carbocycles. The van der Waals surface area contributed by atoms with Crippen molar-refractivity contribution in [3.63, 3.8) is 0 Å². The van der Waals surface area contributed by atoms with Crippen LogP contribution in [0.4, 0.5) is 5.69 Å². The first-order valence-electron chi connectivity index (χ1n) is 6.40. The van der Waals surface area contributed by atoms with E-state index in [4.69, 9.17) is 10.8 Å². The Balaban J connectivity index is 2.08. The smallest absolute Gasteiger partial charge is 0.267 e. The van der Waals surface area contributed by atoms with Crippen LogP contribution in [0.1, 0.15) is 30.3 Å². The standard InChI is InChI=1S/C14H19N3O2/c1-9(3-2-6-18)16-14(19)13-8-10-7-11(15)4-5-12(10)17-13/h4-5,7-9,17-18H,2-3,6,15H2,1H3,(H,16,19). The second kappa shape index (κ2) is 5.75. The van der Waals surface area contributed by atoms with Gasteiger partial charge in [-0.05, 0) is 44.0 Å². The van der Waals surface area contributed by atoms with Gasteiger partial charge in [0.15, 0.2) is 0 Å². The van der Waals surface area contributed by atoms with E-state index in [-0.39, 0.29) is 18.6 Å². The van der Waals surface area contributed by atoms with Crippen LogP contribution in [-0.2, 0) is 0 Å². The van der Waals surface area contributed by atoms with Crippen LogP contribution in [0.25, 0.3) is 10.9 Å². The fraction of sp³-hybridized carbons (Fsp3) is 0.357. The van der Waals surface area contributed by atoms with E-state index in [2.05, 4.69) is 10.3 Å². The van der Waals surface area contributed by atoms with Crippen LogP contribution in [-0.4, -0.2) is 28.6 Å². The second-order valence-corrected chi connectivity index (χ2v) is 4.77. The summed E-state index contributed by atoms with van der Waals surface area (Å²) >= 11 is 0. The monoisotopic (exact) mass is 261 g/mol. The van der Waals surface area contributed by atoms with E-state index in [0.717, 1.165) is 17.3 Å². The number of aromatic nitrogens is 1. The third kappa shape index (κ3) is 3.26. The fourth-order valence-electron chi connectivity index (χ4n) is 2.04. The van der Waals surface area contributed by atoms with E-state index >= 15 is 0 Å². The number of amides is 1. The second-order valence-electron chi connectivity index (χ2n) is 4.77. The van der Waals surface area contributed by atoms with Crippen LogP contribution in [0, 0.1) is 0 Å². The lowest BCUT2D eigenvalue weighted by atomic mass is 10.2. The van der Waals surface area contributed by atoms with Gasteiger partial charge in [0.25, 0.3) is 5.91 Å². The minimum absolute atomic E-state index is 0.0381. The Morgan fingerprint density at radius 1 is 1.47 bits per heavy atom. The van der Waals surface area contributed by atoms with Gasteiger partial charge in [-0.2, -0.15) is 0 Å². The number of benzene rings is 1. The number of rotatable bonds is 5. The van der Waals surface area contributed by atoms with Crippen molar-refractivity contribution in [1.82, 2.24) is 10.3 Å². The first kappa shape index (κ1) is 13.4. The molecule has 0 aliphatic heterocycles. The molecule has 1 aromatic carbocycles. The lowest BCUT2D eigenvalue weighted by molar-refractivity contribution is 0.0932. The SMILES string of the molecule is CC(CCCO)NC(=O)c1cc2cc(N)ccc2[nH]1. The Morgan fingerprint density at radius 2 is 2.26 bits per heavy atom. The van der Waals surface area contributed by atoms with E-state index in [1.807, 2.05) is 19.1 Å². The average molecular weight is 261 g/mol. The third-order valence-corrected chi connectivity index (χ3v) is 3.06. The number of aliphatic hydroxyl groups is 1. The number of carbonyl (C=O) groups is 1. The zero-order valence-electron chi connectivity index (χ0n) is 10.9. The molecule has 2 rings (SSSR count). The Morgan fingerprint density at radius 3 is 3.00 bits per heavy atom. The van der Waals surface area contributed by atoms with Crippen molar-refractivity contribution in [3.05, 3.63) is 30.0 Å². The van der Waals surface area contributed by atoms with Gasteiger partial charge in [-0.15, -0.1) is 0 Å². The number of aliphatic hydroxyl groups excluding tert-OH is 1. The van der Waals surface area contributed by atoms with Gasteiger partial charge in [0.05, 0.1) is 0 Å². The van der Waals surface area contributed by atoms with Gasteiger partial charge in [-0.25, -0.2) is 0 Å². The summed E-state index contributed by atoms with van der Waals surface area (Å²) in [6, 6.07) is 7.31. The molecule has 1 unspecified atom stereocenters. The maximum atomic E-state index is 12.0. The predicted octanol–water partition coefficient (Wildman–Crippen LogP) is 1.64. The topological polar surface area (TPSA) is 91.1 Å². The maximum absolute atomic E-state index is 12.0. The number of nitrogens with one attached hydrogen (secondary N) is 2. The van der Waals surface area contributed by atoms with Crippen LogP contribution >= 0.6 is 0 Å². The zero-order valence-corrected chi connectivity index (χ0v) is 10.9. The number of hydrogen-bond donors (Lipinski definition) is 4. The van der Waals surface area contributed by atoms with E-state index in [9.17, 15) is 4.79 Å². The molecule has 0 spiro atoms. The number of nitrogen functional groups attached to an aromatic ring is 1. The van der Waals surface area contributed by atoms with Gasteiger partial charge < -0.3 is 21.1 Å². The summed E-state index contributed by atoms with van der Waals surface area (Å²) < 4.78 is 0. The molecular formula is C14H19N3O2. The summed E-state index contributed by atoms with van der Waals surface area (Å²) in [5.74, 6) is -0.139. The summed E-state index contributed by atoms with van der Waals surface area (Å²) in [5.41, 5.74) is 7.80. The molecule has 19 heavy (non-hydrogen) atoms. The molecule has 1 amide bonds. The molecule has 0 radical (unpaired) electrons. The molecule has 0 saturated heterocycles. The summed E-state index contributed by atoms with van der Waals surface area (Å²) in [6.45, 7) is 2.07. The number of anilines is 1. The number of nitrogens with two attached hydrogens (primary N) is 1. The zero-order chi connectivity index (χ0) is 13.8. The molecule has 0 aliphatic rings. The van der Waals surface area contributed by atoms with Crippen molar-refractivity contribution in [2.75, 3.05) is 12.3 Å². The Kier molecular flexibility index (Phi) is 4.06. The van der Waals surface area contributed by atoms with E-state index < -0.39 is 0 Å². The highest BCUT2D eigenvalue weighted by molar-refractivity contribution is 5.98. The summed E-state index contributed by atoms with van der Waals surface area (Å²) in [7, 11) is 0.